The lowest BCUT2D eigenvalue weighted by Crippen LogP contribution is -2.59. The number of likely N-dealkylation sites (tertiary alicyclic amines) is 1. The summed E-state index contributed by atoms with van der Waals surface area (Å²) in [6.45, 7) is 3.24. The number of halogens is 1. The van der Waals surface area contributed by atoms with Gasteiger partial charge in [-0.1, -0.05) is 12.1 Å². The zero-order valence-electron chi connectivity index (χ0n) is 15.3. The van der Waals surface area contributed by atoms with Crippen LogP contribution in [-0.2, 0) is 9.59 Å². The van der Waals surface area contributed by atoms with Gasteiger partial charge in [0.2, 0.25) is 11.8 Å². The molecule has 2 amide bonds. The van der Waals surface area contributed by atoms with Gasteiger partial charge in [-0.2, -0.15) is 0 Å². The van der Waals surface area contributed by atoms with E-state index in [0.717, 1.165) is 31.5 Å². The molecule has 27 heavy (non-hydrogen) atoms. The number of rotatable bonds is 3. The largest absolute Gasteiger partial charge is 0.339 e. The molecule has 3 unspecified atom stereocenters. The Hall–Kier alpha value is -2.03. The summed E-state index contributed by atoms with van der Waals surface area (Å²) in [5.74, 6) is -0.0730. The lowest BCUT2D eigenvalue weighted by Gasteiger charge is -2.41. The third-order valence-electron chi connectivity index (χ3n) is 5.75. The molecule has 0 spiro atoms. The van der Waals surface area contributed by atoms with Gasteiger partial charge in [0.05, 0.1) is 6.54 Å². The second-order valence-electron chi connectivity index (χ2n) is 7.53. The third kappa shape index (κ3) is 3.97. The molecular formula is C19H26FN5O2. The van der Waals surface area contributed by atoms with E-state index in [1.54, 1.807) is 12.1 Å². The standard InChI is InChI=1S/C19H26FN5O2/c20-14-5-3-13(4-6-14)16-10-17(23-22-16)19(27)24-8-1-2-15(12-24)25-9-7-21-11-18(25)26/h3-6,15-17,21-23H,1-2,7-12H2. The van der Waals surface area contributed by atoms with Crippen molar-refractivity contribution in [2.24, 2.45) is 0 Å². The SMILES string of the molecule is O=C(C1CC(c2ccc(F)cc2)NN1)N1CCCC(N2CCNCC2=O)C1. The number of hydrogen-bond acceptors (Lipinski definition) is 5. The van der Waals surface area contributed by atoms with Gasteiger partial charge in [-0.3, -0.25) is 9.59 Å². The maximum absolute atomic E-state index is 13.1. The Morgan fingerprint density at radius 1 is 1.15 bits per heavy atom. The van der Waals surface area contributed by atoms with Crippen molar-refractivity contribution < 1.29 is 14.0 Å². The van der Waals surface area contributed by atoms with Crippen molar-refractivity contribution in [1.82, 2.24) is 26.0 Å². The van der Waals surface area contributed by atoms with Crippen molar-refractivity contribution >= 4 is 11.8 Å². The summed E-state index contributed by atoms with van der Waals surface area (Å²) in [4.78, 5) is 29.0. The minimum atomic E-state index is -0.308. The first kappa shape index (κ1) is 18.3. The van der Waals surface area contributed by atoms with Gasteiger partial charge >= 0.3 is 0 Å². The van der Waals surface area contributed by atoms with Crippen LogP contribution in [0.5, 0.6) is 0 Å². The van der Waals surface area contributed by atoms with Gasteiger partial charge in [-0.05, 0) is 37.0 Å². The average molecular weight is 375 g/mol. The van der Waals surface area contributed by atoms with E-state index in [0.29, 0.717) is 26.1 Å². The summed E-state index contributed by atoms with van der Waals surface area (Å²) in [5.41, 5.74) is 7.21. The first-order valence-electron chi connectivity index (χ1n) is 9.67. The first-order chi connectivity index (χ1) is 13.1. The van der Waals surface area contributed by atoms with Crippen LogP contribution in [-0.4, -0.2) is 66.4 Å². The summed E-state index contributed by atoms with van der Waals surface area (Å²) >= 11 is 0. The highest BCUT2D eigenvalue weighted by Gasteiger charge is 2.37. The normalized spacial score (nSPS) is 29.2. The molecule has 4 rings (SSSR count). The Morgan fingerprint density at radius 2 is 1.96 bits per heavy atom. The van der Waals surface area contributed by atoms with E-state index in [1.165, 1.54) is 12.1 Å². The molecule has 3 fully saturated rings. The lowest BCUT2D eigenvalue weighted by atomic mass is 9.99. The Labute approximate surface area is 158 Å². The quantitative estimate of drug-likeness (QED) is 0.702. The Morgan fingerprint density at radius 3 is 2.74 bits per heavy atom. The maximum atomic E-state index is 13.1. The molecule has 3 aliphatic rings. The number of benzene rings is 1. The summed E-state index contributed by atoms with van der Waals surface area (Å²) in [6.07, 6.45) is 2.48. The predicted molar refractivity (Wildman–Crippen MR) is 98.0 cm³/mol. The molecule has 8 heteroatoms. The highest BCUT2D eigenvalue weighted by Crippen LogP contribution is 2.25. The van der Waals surface area contributed by atoms with Crippen LogP contribution in [0.3, 0.4) is 0 Å². The van der Waals surface area contributed by atoms with Crippen molar-refractivity contribution in [1.29, 1.82) is 0 Å². The Balaban J connectivity index is 1.36. The van der Waals surface area contributed by atoms with Crippen molar-refractivity contribution in [2.45, 2.75) is 37.4 Å². The molecule has 0 radical (unpaired) electrons. The van der Waals surface area contributed by atoms with Crippen LogP contribution in [0.2, 0.25) is 0 Å². The number of carbonyl (C=O) groups is 2. The van der Waals surface area contributed by atoms with Gasteiger partial charge in [0, 0.05) is 38.3 Å². The number of hydrazine groups is 1. The fourth-order valence-electron chi connectivity index (χ4n) is 4.27. The van der Waals surface area contributed by atoms with Gasteiger partial charge in [0.25, 0.3) is 0 Å². The van der Waals surface area contributed by atoms with Crippen molar-refractivity contribution in [3.05, 3.63) is 35.6 Å². The molecule has 3 saturated heterocycles. The second kappa shape index (κ2) is 7.92. The van der Waals surface area contributed by atoms with E-state index in [-0.39, 0.29) is 35.8 Å². The van der Waals surface area contributed by atoms with E-state index in [9.17, 15) is 14.0 Å². The molecule has 1 aromatic rings. The fourth-order valence-corrected chi connectivity index (χ4v) is 4.27. The molecule has 0 saturated carbocycles. The fraction of sp³-hybridized carbons (Fsp3) is 0.579. The third-order valence-corrected chi connectivity index (χ3v) is 5.75. The number of nitrogens with zero attached hydrogens (tertiary/aromatic N) is 2. The smallest absolute Gasteiger partial charge is 0.241 e. The molecule has 3 atom stereocenters. The van der Waals surface area contributed by atoms with Crippen LogP contribution in [0.25, 0.3) is 0 Å². The minimum Gasteiger partial charge on any atom is -0.339 e. The first-order valence-corrected chi connectivity index (χ1v) is 9.67. The van der Waals surface area contributed by atoms with Crippen LogP contribution >= 0.6 is 0 Å². The van der Waals surface area contributed by atoms with E-state index in [4.69, 9.17) is 0 Å². The highest BCUT2D eigenvalue weighted by atomic mass is 19.1. The zero-order chi connectivity index (χ0) is 18.8. The number of piperazine rings is 1. The van der Waals surface area contributed by atoms with Crippen LogP contribution in [0.4, 0.5) is 4.39 Å². The van der Waals surface area contributed by atoms with E-state index >= 15 is 0 Å². The van der Waals surface area contributed by atoms with Crippen LogP contribution in [0, 0.1) is 5.82 Å². The van der Waals surface area contributed by atoms with Gasteiger partial charge in [-0.25, -0.2) is 15.2 Å². The summed E-state index contributed by atoms with van der Waals surface area (Å²) in [6, 6.07) is 6.15. The Bertz CT molecular complexity index is 698. The van der Waals surface area contributed by atoms with Crippen molar-refractivity contribution in [3.63, 3.8) is 0 Å². The second-order valence-corrected chi connectivity index (χ2v) is 7.53. The molecule has 3 N–H and O–H groups in total. The number of amides is 2. The molecule has 1 aromatic carbocycles. The molecule has 3 heterocycles. The van der Waals surface area contributed by atoms with Gasteiger partial charge in [0.1, 0.15) is 11.9 Å². The van der Waals surface area contributed by atoms with Crippen LogP contribution in [0.1, 0.15) is 30.9 Å². The summed E-state index contributed by atoms with van der Waals surface area (Å²) in [7, 11) is 0. The number of carbonyl (C=O) groups excluding carboxylic acids is 2. The van der Waals surface area contributed by atoms with Crippen LogP contribution in [0.15, 0.2) is 24.3 Å². The maximum Gasteiger partial charge on any atom is 0.241 e. The van der Waals surface area contributed by atoms with Gasteiger partial charge in [-0.15, -0.1) is 0 Å². The highest BCUT2D eigenvalue weighted by molar-refractivity contribution is 5.83. The number of nitrogens with one attached hydrogen (secondary N) is 3. The lowest BCUT2D eigenvalue weighted by molar-refractivity contribution is -0.141. The van der Waals surface area contributed by atoms with Crippen molar-refractivity contribution in [2.75, 3.05) is 32.7 Å². The Kier molecular flexibility index (Phi) is 5.38. The molecule has 0 aliphatic carbocycles. The topological polar surface area (TPSA) is 76.7 Å². The van der Waals surface area contributed by atoms with E-state index < -0.39 is 0 Å². The summed E-state index contributed by atoms with van der Waals surface area (Å²) in [5, 5.41) is 3.09. The monoisotopic (exact) mass is 375 g/mol. The molecular weight excluding hydrogens is 349 g/mol. The summed E-state index contributed by atoms with van der Waals surface area (Å²) < 4.78 is 13.1. The number of hydrogen-bond donors (Lipinski definition) is 3. The zero-order valence-corrected chi connectivity index (χ0v) is 15.3. The number of piperidine rings is 1. The molecule has 3 aliphatic heterocycles. The van der Waals surface area contributed by atoms with E-state index in [1.807, 2.05) is 9.80 Å². The van der Waals surface area contributed by atoms with E-state index in [2.05, 4.69) is 16.2 Å². The van der Waals surface area contributed by atoms with Crippen molar-refractivity contribution in [3.8, 4) is 0 Å². The van der Waals surface area contributed by atoms with Gasteiger partial charge < -0.3 is 15.1 Å². The predicted octanol–water partition coefficient (Wildman–Crippen LogP) is 0.156. The molecule has 0 aromatic heterocycles. The minimum absolute atomic E-state index is 0.0186. The average Bonchev–Trinajstić information content (AvgIpc) is 3.18. The molecule has 7 nitrogen and oxygen atoms in total. The molecule has 146 valence electrons. The van der Waals surface area contributed by atoms with Gasteiger partial charge in [0.15, 0.2) is 0 Å². The van der Waals surface area contributed by atoms with Crippen LogP contribution < -0.4 is 16.2 Å². The molecule has 0 bridgehead atoms.